The van der Waals surface area contributed by atoms with Crippen molar-refractivity contribution in [2.24, 2.45) is 0 Å². The number of hydrogen-bond donors (Lipinski definition) is 1. The summed E-state index contributed by atoms with van der Waals surface area (Å²) < 4.78 is 5.38. The summed E-state index contributed by atoms with van der Waals surface area (Å²) in [7, 11) is 0. The van der Waals surface area contributed by atoms with Crippen LogP contribution in [0.25, 0.3) is 34.2 Å². The van der Waals surface area contributed by atoms with Crippen molar-refractivity contribution in [3.05, 3.63) is 86.0 Å². The first-order chi connectivity index (χ1) is 13.8. The molecule has 0 radical (unpaired) electrons. The number of nitrogens with zero attached hydrogens (tertiary/aromatic N) is 7. The topological polar surface area (TPSA) is 92.4 Å². The van der Waals surface area contributed by atoms with Crippen molar-refractivity contribution in [3.8, 4) is 34.2 Å². The van der Waals surface area contributed by atoms with Crippen molar-refractivity contribution in [1.82, 2.24) is 34.0 Å². The summed E-state index contributed by atoms with van der Waals surface area (Å²) in [5.41, 5.74) is 3.81. The third-order valence-electron chi connectivity index (χ3n) is 4.55. The van der Waals surface area contributed by atoms with Crippen LogP contribution >= 0.6 is 0 Å². The Morgan fingerprint density at radius 1 is 0.607 bits per heavy atom. The van der Waals surface area contributed by atoms with Gasteiger partial charge in [0.15, 0.2) is 11.6 Å². The third-order valence-corrected chi connectivity index (χ3v) is 4.55. The average Bonchev–Trinajstić information content (AvgIpc) is 3.50. The van der Waals surface area contributed by atoms with Crippen LogP contribution in [-0.2, 0) is 0 Å². The molecule has 3 aromatic heterocycles. The van der Waals surface area contributed by atoms with E-state index in [0.717, 1.165) is 22.5 Å². The van der Waals surface area contributed by atoms with Gasteiger partial charge in [-0.05, 0) is 48.5 Å². The Bertz CT molecular complexity index is 1090. The molecule has 0 atom stereocenters. The Kier molecular flexibility index (Phi) is 3.72. The van der Waals surface area contributed by atoms with Gasteiger partial charge in [-0.1, -0.05) is 0 Å². The fourth-order valence-electron chi connectivity index (χ4n) is 3.07. The Balaban J connectivity index is 1.44. The molecule has 0 aliphatic heterocycles. The van der Waals surface area contributed by atoms with Crippen LogP contribution in [0.3, 0.4) is 0 Å². The Hall–Kier alpha value is -4.20. The summed E-state index contributed by atoms with van der Waals surface area (Å²) in [5.74, 6) is 7.50. The standard InChI is InChI=1S/C20H16N8/c21-28-19(15-1-5-17(6-2-15)26-11-9-22-13-26)24-25-20(28)16-3-7-18(8-4-16)27-12-10-23-14-27/h1-14H,21H2. The number of aromatic nitrogens is 7. The van der Waals surface area contributed by atoms with Crippen LogP contribution < -0.4 is 5.84 Å². The highest BCUT2D eigenvalue weighted by molar-refractivity contribution is 5.64. The van der Waals surface area contributed by atoms with E-state index < -0.39 is 0 Å². The number of hydrogen-bond acceptors (Lipinski definition) is 5. The van der Waals surface area contributed by atoms with Gasteiger partial charge in [0.1, 0.15) is 0 Å². The summed E-state index contributed by atoms with van der Waals surface area (Å²) in [6, 6.07) is 15.8. The maximum atomic E-state index is 6.29. The summed E-state index contributed by atoms with van der Waals surface area (Å²) in [6.45, 7) is 0. The van der Waals surface area contributed by atoms with Crippen molar-refractivity contribution < 1.29 is 0 Å². The molecule has 0 saturated heterocycles. The van der Waals surface area contributed by atoms with E-state index in [1.54, 1.807) is 25.0 Å². The monoisotopic (exact) mass is 368 g/mol. The van der Waals surface area contributed by atoms with Crippen LogP contribution in [0.4, 0.5) is 0 Å². The number of nitrogen functional groups attached to an aromatic ring is 1. The zero-order valence-electron chi connectivity index (χ0n) is 14.8. The normalized spacial score (nSPS) is 11.0. The van der Waals surface area contributed by atoms with E-state index in [9.17, 15) is 0 Å². The zero-order chi connectivity index (χ0) is 18.9. The smallest absolute Gasteiger partial charge is 0.182 e. The lowest BCUT2D eigenvalue weighted by Crippen LogP contribution is -2.12. The molecule has 0 bridgehead atoms. The van der Waals surface area contributed by atoms with Crippen LogP contribution in [0.15, 0.2) is 86.0 Å². The van der Waals surface area contributed by atoms with E-state index in [1.807, 2.05) is 70.1 Å². The van der Waals surface area contributed by atoms with Gasteiger partial charge in [-0.25, -0.2) is 14.6 Å². The first-order valence-corrected chi connectivity index (χ1v) is 8.67. The van der Waals surface area contributed by atoms with Gasteiger partial charge in [-0.15, -0.1) is 10.2 Å². The summed E-state index contributed by atoms with van der Waals surface area (Å²) in [5, 5.41) is 8.56. The highest BCUT2D eigenvalue weighted by Gasteiger charge is 2.13. The number of rotatable bonds is 4. The molecule has 28 heavy (non-hydrogen) atoms. The van der Waals surface area contributed by atoms with Gasteiger partial charge in [0.25, 0.3) is 0 Å². The molecule has 0 saturated carbocycles. The summed E-state index contributed by atoms with van der Waals surface area (Å²) >= 11 is 0. The second kappa shape index (κ2) is 6.51. The van der Waals surface area contributed by atoms with E-state index in [2.05, 4.69) is 20.2 Å². The van der Waals surface area contributed by atoms with Gasteiger partial charge >= 0.3 is 0 Å². The molecule has 0 amide bonds. The molecule has 0 fully saturated rings. The minimum atomic E-state index is 0.603. The molecule has 5 aromatic rings. The average molecular weight is 368 g/mol. The third kappa shape index (κ3) is 2.73. The zero-order valence-corrected chi connectivity index (χ0v) is 14.8. The highest BCUT2D eigenvalue weighted by atomic mass is 15.4. The van der Waals surface area contributed by atoms with Gasteiger partial charge in [-0.2, -0.15) is 0 Å². The SMILES string of the molecule is Nn1c(-c2ccc(-n3ccnc3)cc2)nnc1-c1ccc(-n2ccnc2)cc1. The molecule has 2 N–H and O–H groups in total. The number of imidazole rings is 2. The molecule has 0 spiro atoms. The summed E-state index contributed by atoms with van der Waals surface area (Å²) in [6.07, 6.45) is 10.8. The Labute approximate surface area is 160 Å². The molecule has 0 aliphatic carbocycles. The molecule has 8 nitrogen and oxygen atoms in total. The van der Waals surface area contributed by atoms with Crippen LogP contribution in [0.1, 0.15) is 0 Å². The number of nitrogens with two attached hydrogens (primary N) is 1. The van der Waals surface area contributed by atoms with Crippen molar-refractivity contribution in [1.29, 1.82) is 0 Å². The van der Waals surface area contributed by atoms with Crippen LogP contribution in [0.5, 0.6) is 0 Å². The van der Waals surface area contributed by atoms with Crippen molar-refractivity contribution in [3.63, 3.8) is 0 Å². The lowest BCUT2D eigenvalue weighted by Gasteiger charge is -2.07. The fraction of sp³-hybridized carbons (Fsp3) is 0. The molecule has 136 valence electrons. The molecule has 3 heterocycles. The first kappa shape index (κ1) is 16.0. The maximum Gasteiger partial charge on any atom is 0.182 e. The maximum absolute atomic E-state index is 6.29. The lowest BCUT2D eigenvalue weighted by molar-refractivity contribution is 1.01. The van der Waals surface area contributed by atoms with Crippen molar-refractivity contribution >= 4 is 0 Å². The quantitative estimate of drug-likeness (QED) is 0.492. The second-order valence-electron chi connectivity index (χ2n) is 6.25. The molecule has 5 rings (SSSR count). The summed E-state index contributed by atoms with van der Waals surface area (Å²) in [4.78, 5) is 8.13. The Morgan fingerprint density at radius 3 is 1.39 bits per heavy atom. The predicted molar refractivity (Wildman–Crippen MR) is 105 cm³/mol. The van der Waals surface area contributed by atoms with Crippen molar-refractivity contribution in [2.75, 3.05) is 5.84 Å². The van der Waals surface area contributed by atoms with Crippen LogP contribution in [-0.4, -0.2) is 34.0 Å². The van der Waals surface area contributed by atoms with Crippen LogP contribution in [0, 0.1) is 0 Å². The minimum absolute atomic E-state index is 0.603. The lowest BCUT2D eigenvalue weighted by atomic mass is 10.2. The van der Waals surface area contributed by atoms with E-state index in [-0.39, 0.29) is 0 Å². The fourth-order valence-corrected chi connectivity index (χ4v) is 3.07. The minimum Gasteiger partial charge on any atom is -0.336 e. The predicted octanol–water partition coefficient (Wildman–Crippen LogP) is 2.70. The van der Waals surface area contributed by atoms with E-state index >= 15 is 0 Å². The van der Waals surface area contributed by atoms with E-state index in [0.29, 0.717) is 11.6 Å². The highest BCUT2D eigenvalue weighted by Crippen LogP contribution is 2.24. The van der Waals surface area contributed by atoms with Crippen molar-refractivity contribution in [2.45, 2.75) is 0 Å². The van der Waals surface area contributed by atoms with Crippen LogP contribution in [0.2, 0.25) is 0 Å². The molecule has 0 unspecified atom stereocenters. The molecule has 8 heteroatoms. The van der Waals surface area contributed by atoms with Gasteiger partial charge in [0.05, 0.1) is 12.7 Å². The molecule has 0 aliphatic rings. The van der Waals surface area contributed by atoms with Gasteiger partial charge in [0.2, 0.25) is 0 Å². The molecular weight excluding hydrogens is 352 g/mol. The Morgan fingerprint density at radius 2 is 1.04 bits per heavy atom. The molecular formula is C20H16N8. The molecule has 2 aromatic carbocycles. The number of benzene rings is 2. The first-order valence-electron chi connectivity index (χ1n) is 8.67. The van der Waals surface area contributed by atoms with Gasteiger partial charge in [0, 0.05) is 47.3 Å². The second-order valence-corrected chi connectivity index (χ2v) is 6.25. The van der Waals surface area contributed by atoms with E-state index in [4.69, 9.17) is 5.84 Å². The largest absolute Gasteiger partial charge is 0.336 e. The van der Waals surface area contributed by atoms with Gasteiger partial charge < -0.3 is 15.0 Å². The van der Waals surface area contributed by atoms with Gasteiger partial charge in [-0.3, -0.25) is 0 Å². The van der Waals surface area contributed by atoms with E-state index in [1.165, 1.54) is 4.68 Å².